The van der Waals surface area contributed by atoms with Crippen LogP contribution in [0.15, 0.2) is 53.1 Å². The Labute approximate surface area is 141 Å². The third-order valence-corrected chi connectivity index (χ3v) is 3.42. The van der Waals surface area contributed by atoms with Gasteiger partial charge in [-0.1, -0.05) is 30.3 Å². The molecule has 2 rings (SSSR count). The second kappa shape index (κ2) is 9.39. The number of carbonyl (C=O) groups is 2. The summed E-state index contributed by atoms with van der Waals surface area (Å²) in [4.78, 5) is 23.4. The number of rotatable bonds is 8. The lowest BCUT2D eigenvalue weighted by atomic mass is 10.1. The fourth-order valence-corrected chi connectivity index (χ4v) is 2.14. The van der Waals surface area contributed by atoms with E-state index in [-0.39, 0.29) is 25.1 Å². The van der Waals surface area contributed by atoms with Crippen molar-refractivity contribution in [1.29, 1.82) is 0 Å². The Balaban J connectivity index is 1.58. The molecule has 0 aliphatic heterocycles. The molecule has 0 fully saturated rings. The van der Waals surface area contributed by atoms with Gasteiger partial charge >= 0.3 is 6.09 Å². The molecule has 0 saturated heterocycles. The highest BCUT2D eigenvalue weighted by molar-refractivity contribution is 5.82. The minimum Gasteiger partial charge on any atom is -0.469 e. The predicted octanol–water partition coefficient (Wildman–Crippen LogP) is 2.64. The highest BCUT2D eigenvalue weighted by atomic mass is 16.5. The molecule has 0 aliphatic rings. The first-order chi connectivity index (χ1) is 11.6. The molecule has 1 aromatic carbocycles. The molecule has 2 N–H and O–H groups in total. The average Bonchev–Trinajstić information content (AvgIpc) is 3.11. The van der Waals surface area contributed by atoms with Crippen LogP contribution in [0.3, 0.4) is 0 Å². The van der Waals surface area contributed by atoms with E-state index >= 15 is 0 Å². The topological polar surface area (TPSA) is 80.6 Å². The quantitative estimate of drug-likeness (QED) is 0.780. The van der Waals surface area contributed by atoms with Crippen LogP contribution in [0.1, 0.15) is 24.7 Å². The number of aryl methyl sites for hydroxylation is 1. The first-order valence-electron chi connectivity index (χ1n) is 7.90. The number of furan rings is 1. The van der Waals surface area contributed by atoms with E-state index in [1.54, 1.807) is 6.26 Å². The van der Waals surface area contributed by atoms with Gasteiger partial charge in [-0.15, -0.1) is 0 Å². The number of benzene rings is 1. The van der Waals surface area contributed by atoms with Crippen molar-refractivity contribution >= 4 is 12.0 Å². The van der Waals surface area contributed by atoms with Crippen molar-refractivity contribution in [3.05, 3.63) is 60.1 Å². The predicted molar refractivity (Wildman–Crippen MR) is 89.3 cm³/mol. The number of hydrogen-bond acceptors (Lipinski definition) is 4. The largest absolute Gasteiger partial charge is 0.469 e. The SMILES string of the molecule is C[C@H](CCc1ccco1)NC(=O)CNC(=O)OCc1ccccc1. The minimum atomic E-state index is -0.614. The summed E-state index contributed by atoms with van der Waals surface area (Å²) in [6.45, 7) is 1.97. The maximum Gasteiger partial charge on any atom is 0.407 e. The summed E-state index contributed by atoms with van der Waals surface area (Å²) in [6.07, 6.45) is 2.53. The van der Waals surface area contributed by atoms with E-state index in [2.05, 4.69) is 10.6 Å². The van der Waals surface area contributed by atoms with Crippen molar-refractivity contribution in [3.63, 3.8) is 0 Å². The second-order valence-corrected chi connectivity index (χ2v) is 5.50. The van der Waals surface area contributed by atoms with Gasteiger partial charge in [-0.25, -0.2) is 4.79 Å². The van der Waals surface area contributed by atoms with E-state index in [4.69, 9.17) is 9.15 Å². The molecule has 2 amide bonds. The molecule has 1 heterocycles. The Kier molecular flexibility index (Phi) is 6.89. The van der Waals surface area contributed by atoms with Crippen LogP contribution >= 0.6 is 0 Å². The van der Waals surface area contributed by atoms with Gasteiger partial charge in [-0.05, 0) is 31.0 Å². The van der Waals surface area contributed by atoms with E-state index in [1.807, 2.05) is 49.4 Å². The molecule has 128 valence electrons. The summed E-state index contributed by atoms with van der Waals surface area (Å²) in [5.41, 5.74) is 0.892. The average molecular weight is 330 g/mol. The van der Waals surface area contributed by atoms with Gasteiger partial charge in [0.2, 0.25) is 5.91 Å². The van der Waals surface area contributed by atoms with Gasteiger partial charge in [0, 0.05) is 12.5 Å². The molecule has 24 heavy (non-hydrogen) atoms. The number of hydrogen-bond donors (Lipinski definition) is 2. The first-order valence-corrected chi connectivity index (χ1v) is 7.90. The number of nitrogens with one attached hydrogen (secondary N) is 2. The molecule has 0 bridgehead atoms. The molecule has 6 nitrogen and oxygen atoms in total. The van der Waals surface area contributed by atoms with Crippen LogP contribution in [0.25, 0.3) is 0 Å². The number of amides is 2. The summed E-state index contributed by atoms with van der Waals surface area (Å²) in [5, 5.41) is 5.26. The fraction of sp³-hybridized carbons (Fsp3) is 0.333. The molecule has 0 radical (unpaired) electrons. The molecule has 6 heteroatoms. The van der Waals surface area contributed by atoms with E-state index in [9.17, 15) is 9.59 Å². The number of alkyl carbamates (subject to hydrolysis) is 1. The van der Waals surface area contributed by atoms with Crippen molar-refractivity contribution in [2.24, 2.45) is 0 Å². The summed E-state index contributed by atoms with van der Waals surface area (Å²) >= 11 is 0. The number of ether oxygens (including phenoxy) is 1. The maximum absolute atomic E-state index is 11.8. The van der Waals surface area contributed by atoms with E-state index in [0.717, 1.165) is 24.2 Å². The van der Waals surface area contributed by atoms with Crippen LogP contribution in [0, 0.1) is 0 Å². The summed E-state index contributed by atoms with van der Waals surface area (Å²) in [6, 6.07) is 13.1. The van der Waals surface area contributed by atoms with Gasteiger partial charge in [-0.2, -0.15) is 0 Å². The summed E-state index contributed by atoms with van der Waals surface area (Å²) < 4.78 is 10.3. The molecule has 1 atom stereocenters. The highest BCUT2D eigenvalue weighted by Gasteiger charge is 2.10. The lowest BCUT2D eigenvalue weighted by molar-refractivity contribution is -0.120. The van der Waals surface area contributed by atoms with Gasteiger partial charge < -0.3 is 19.8 Å². The maximum atomic E-state index is 11.8. The smallest absolute Gasteiger partial charge is 0.407 e. The lowest BCUT2D eigenvalue weighted by Crippen LogP contribution is -2.41. The van der Waals surface area contributed by atoms with Crippen LogP contribution < -0.4 is 10.6 Å². The lowest BCUT2D eigenvalue weighted by Gasteiger charge is -2.13. The van der Waals surface area contributed by atoms with Crippen molar-refractivity contribution in [2.75, 3.05) is 6.54 Å². The van der Waals surface area contributed by atoms with Crippen LogP contribution in [0.4, 0.5) is 4.79 Å². The zero-order chi connectivity index (χ0) is 17.2. The van der Waals surface area contributed by atoms with E-state index < -0.39 is 6.09 Å². The fourth-order valence-electron chi connectivity index (χ4n) is 2.14. The molecule has 0 saturated carbocycles. The summed E-state index contributed by atoms with van der Waals surface area (Å²) in [7, 11) is 0. The first kappa shape index (κ1) is 17.6. The van der Waals surface area contributed by atoms with E-state index in [0.29, 0.717) is 0 Å². The molecular formula is C18H22N2O4. The molecule has 2 aromatic rings. The third-order valence-electron chi connectivity index (χ3n) is 3.42. The second-order valence-electron chi connectivity index (χ2n) is 5.50. The zero-order valence-electron chi connectivity index (χ0n) is 13.7. The molecule has 0 spiro atoms. The van der Waals surface area contributed by atoms with Crippen molar-refractivity contribution in [1.82, 2.24) is 10.6 Å². The van der Waals surface area contributed by atoms with Crippen LogP contribution in [-0.2, 0) is 22.6 Å². The van der Waals surface area contributed by atoms with Gasteiger partial charge in [0.05, 0.1) is 6.26 Å². The van der Waals surface area contributed by atoms with Crippen LogP contribution in [-0.4, -0.2) is 24.6 Å². The van der Waals surface area contributed by atoms with Crippen molar-refractivity contribution < 1.29 is 18.7 Å². The van der Waals surface area contributed by atoms with Crippen molar-refractivity contribution in [3.8, 4) is 0 Å². The van der Waals surface area contributed by atoms with Gasteiger partial charge in [0.25, 0.3) is 0 Å². The van der Waals surface area contributed by atoms with Gasteiger partial charge in [-0.3, -0.25) is 4.79 Å². The van der Waals surface area contributed by atoms with E-state index in [1.165, 1.54) is 0 Å². The Morgan fingerprint density at radius 3 is 2.67 bits per heavy atom. The summed E-state index contributed by atoms with van der Waals surface area (Å²) in [5.74, 6) is 0.636. The third kappa shape index (κ3) is 6.56. The Hall–Kier alpha value is -2.76. The zero-order valence-corrected chi connectivity index (χ0v) is 13.7. The van der Waals surface area contributed by atoms with Gasteiger partial charge in [0.15, 0.2) is 0 Å². The van der Waals surface area contributed by atoms with Crippen molar-refractivity contribution in [2.45, 2.75) is 32.4 Å². The van der Waals surface area contributed by atoms with Crippen LogP contribution in [0.5, 0.6) is 0 Å². The standard InChI is InChI=1S/C18H22N2O4/c1-14(9-10-16-8-5-11-23-16)20-17(21)12-19-18(22)24-13-15-6-3-2-4-7-15/h2-8,11,14H,9-10,12-13H2,1H3,(H,19,22)(H,20,21)/t14-/m1/s1. The minimum absolute atomic E-state index is 0.00950. The molecule has 1 aromatic heterocycles. The number of carbonyl (C=O) groups excluding carboxylic acids is 2. The molecular weight excluding hydrogens is 308 g/mol. The normalized spacial score (nSPS) is 11.5. The van der Waals surface area contributed by atoms with Gasteiger partial charge in [0.1, 0.15) is 18.9 Å². The monoisotopic (exact) mass is 330 g/mol. The molecule has 0 unspecified atom stereocenters. The highest BCUT2D eigenvalue weighted by Crippen LogP contribution is 2.05. The Morgan fingerprint density at radius 1 is 1.17 bits per heavy atom. The Bertz CT molecular complexity index is 626. The van der Waals surface area contributed by atoms with Crippen LogP contribution in [0.2, 0.25) is 0 Å². The molecule has 0 aliphatic carbocycles. The Morgan fingerprint density at radius 2 is 1.96 bits per heavy atom.